The van der Waals surface area contributed by atoms with Crippen LogP contribution in [0.3, 0.4) is 0 Å². The summed E-state index contributed by atoms with van der Waals surface area (Å²) in [6, 6.07) is 7.26. The summed E-state index contributed by atoms with van der Waals surface area (Å²) in [6.07, 6.45) is 6.42. The van der Waals surface area contributed by atoms with Crippen molar-refractivity contribution >= 4 is 5.91 Å². The summed E-state index contributed by atoms with van der Waals surface area (Å²) in [5.74, 6) is 0.917. The minimum absolute atomic E-state index is 0.0192. The molecule has 1 aliphatic rings. The van der Waals surface area contributed by atoms with Crippen LogP contribution in [0.2, 0.25) is 0 Å². The number of carbonyl (C=O) groups excluding carboxylic acids is 1. The number of phenolic OH excluding ortho intramolecular Hbond substituents is 1. The van der Waals surface area contributed by atoms with Crippen LogP contribution in [0.25, 0.3) is 11.4 Å². The maximum absolute atomic E-state index is 12.2. The minimum atomic E-state index is 0.0192. The van der Waals surface area contributed by atoms with Crippen LogP contribution in [-0.4, -0.2) is 26.6 Å². The number of benzene rings is 1. The normalized spacial score (nSPS) is 15.1. The number of hydrogen-bond acceptors (Lipinski definition) is 3. The van der Waals surface area contributed by atoms with Crippen molar-refractivity contribution in [3.63, 3.8) is 0 Å². The Morgan fingerprint density at radius 3 is 2.91 bits per heavy atom. The van der Waals surface area contributed by atoms with Gasteiger partial charge in [0.25, 0.3) is 0 Å². The van der Waals surface area contributed by atoms with E-state index in [1.54, 1.807) is 18.2 Å². The average Bonchev–Trinajstić information content (AvgIpc) is 3.08. The second kappa shape index (κ2) is 6.22. The van der Waals surface area contributed by atoms with Crippen LogP contribution in [-0.2, 0) is 11.3 Å². The maximum atomic E-state index is 12.2. The molecule has 1 saturated carbocycles. The summed E-state index contributed by atoms with van der Waals surface area (Å²) in [4.78, 5) is 16.7. The Bertz CT molecular complexity index is 672. The lowest BCUT2D eigenvalue weighted by molar-refractivity contribution is -0.122. The van der Waals surface area contributed by atoms with Crippen LogP contribution >= 0.6 is 0 Å². The third-order valence-corrected chi connectivity index (χ3v) is 4.04. The van der Waals surface area contributed by atoms with Gasteiger partial charge in [-0.25, -0.2) is 4.98 Å². The molecule has 5 nitrogen and oxygen atoms in total. The molecule has 0 spiro atoms. The SMILES string of the molecule is Cc1cn(CC(=O)NC2CCCC2)c(-c2cccc(O)c2)n1. The number of aromatic hydroxyl groups is 1. The van der Waals surface area contributed by atoms with Crippen molar-refractivity contribution in [2.75, 3.05) is 0 Å². The first-order valence-corrected chi connectivity index (χ1v) is 7.74. The molecule has 5 heteroatoms. The van der Waals surface area contributed by atoms with E-state index >= 15 is 0 Å². The first kappa shape index (κ1) is 14.6. The van der Waals surface area contributed by atoms with Gasteiger partial charge >= 0.3 is 0 Å². The number of nitrogens with one attached hydrogen (secondary N) is 1. The van der Waals surface area contributed by atoms with Crippen LogP contribution in [0, 0.1) is 6.92 Å². The molecule has 0 saturated heterocycles. The quantitative estimate of drug-likeness (QED) is 0.912. The standard InChI is InChI=1S/C17H21N3O2/c1-12-10-20(11-16(22)19-14-6-2-3-7-14)17(18-12)13-5-4-8-15(21)9-13/h4-5,8-10,14,21H,2-3,6-7,11H2,1H3,(H,19,22). The Hall–Kier alpha value is -2.30. The van der Waals surface area contributed by atoms with Gasteiger partial charge in [-0.2, -0.15) is 0 Å². The van der Waals surface area contributed by atoms with Crippen molar-refractivity contribution in [3.8, 4) is 17.1 Å². The van der Waals surface area contributed by atoms with Crippen molar-refractivity contribution < 1.29 is 9.90 Å². The number of aromatic nitrogens is 2. The third-order valence-electron chi connectivity index (χ3n) is 4.04. The number of nitrogens with zero attached hydrogens (tertiary/aromatic N) is 2. The van der Waals surface area contributed by atoms with Gasteiger partial charge in [-0.05, 0) is 31.9 Å². The molecule has 116 valence electrons. The topological polar surface area (TPSA) is 67.2 Å². The molecule has 2 N–H and O–H groups in total. The Kier molecular flexibility index (Phi) is 4.13. The molecular formula is C17H21N3O2. The smallest absolute Gasteiger partial charge is 0.240 e. The molecule has 22 heavy (non-hydrogen) atoms. The van der Waals surface area contributed by atoms with Crippen molar-refractivity contribution in [1.29, 1.82) is 0 Å². The number of carbonyl (C=O) groups is 1. The molecule has 0 aliphatic heterocycles. The zero-order valence-electron chi connectivity index (χ0n) is 12.7. The second-order valence-corrected chi connectivity index (χ2v) is 5.93. The number of phenols is 1. The van der Waals surface area contributed by atoms with Gasteiger partial charge in [-0.3, -0.25) is 4.79 Å². The third kappa shape index (κ3) is 3.30. The summed E-state index contributed by atoms with van der Waals surface area (Å²) in [5.41, 5.74) is 1.66. The van der Waals surface area contributed by atoms with Gasteiger partial charge in [-0.1, -0.05) is 25.0 Å². The summed E-state index contributed by atoms with van der Waals surface area (Å²) >= 11 is 0. The zero-order valence-corrected chi connectivity index (χ0v) is 12.7. The molecular weight excluding hydrogens is 278 g/mol. The number of amides is 1. The Morgan fingerprint density at radius 1 is 1.41 bits per heavy atom. The summed E-state index contributed by atoms with van der Waals surface area (Å²) in [6.45, 7) is 2.15. The fourth-order valence-electron chi connectivity index (χ4n) is 3.04. The Balaban J connectivity index is 1.77. The molecule has 1 fully saturated rings. The molecule has 0 bridgehead atoms. The largest absolute Gasteiger partial charge is 0.508 e. The van der Waals surface area contributed by atoms with Gasteiger partial charge < -0.3 is 15.0 Å². The highest BCUT2D eigenvalue weighted by atomic mass is 16.3. The predicted octanol–water partition coefficient (Wildman–Crippen LogP) is 2.62. The number of rotatable bonds is 4. The van der Waals surface area contributed by atoms with Gasteiger partial charge in [0.2, 0.25) is 5.91 Å². The lowest BCUT2D eigenvalue weighted by Crippen LogP contribution is -2.35. The molecule has 1 aromatic heterocycles. The highest BCUT2D eigenvalue weighted by Gasteiger charge is 2.18. The highest BCUT2D eigenvalue weighted by Crippen LogP contribution is 2.23. The zero-order chi connectivity index (χ0) is 15.5. The summed E-state index contributed by atoms with van der Waals surface area (Å²) in [7, 11) is 0. The first-order chi connectivity index (χ1) is 10.6. The fourth-order valence-corrected chi connectivity index (χ4v) is 3.04. The molecule has 1 heterocycles. The van der Waals surface area contributed by atoms with Gasteiger partial charge in [0.15, 0.2) is 0 Å². The van der Waals surface area contributed by atoms with Gasteiger partial charge in [0, 0.05) is 17.8 Å². The number of hydrogen-bond donors (Lipinski definition) is 2. The van der Waals surface area contributed by atoms with Crippen LogP contribution in [0.15, 0.2) is 30.5 Å². The van der Waals surface area contributed by atoms with Crippen LogP contribution in [0.5, 0.6) is 5.75 Å². The van der Waals surface area contributed by atoms with E-state index < -0.39 is 0 Å². The molecule has 0 unspecified atom stereocenters. The number of imidazole rings is 1. The molecule has 1 aliphatic carbocycles. The van der Waals surface area contributed by atoms with Crippen molar-refractivity contribution in [2.24, 2.45) is 0 Å². The first-order valence-electron chi connectivity index (χ1n) is 7.74. The lowest BCUT2D eigenvalue weighted by atomic mass is 10.2. The van der Waals surface area contributed by atoms with E-state index in [2.05, 4.69) is 10.3 Å². The van der Waals surface area contributed by atoms with Gasteiger partial charge in [0.1, 0.15) is 18.1 Å². The van der Waals surface area contributed by atoms with E-state index in [1.165, 1.54) is 12.8 Å². The highest BCUT2D eigenvalue weighted by molar-refractivity contribution is 5.77. The molecule has 3 rings (SSSR count). The van der Waals surface area contributed by atoms with Gasteiger partial charge in [0.05, 0.1) is 5.69 Å². The van der Waals surface area contributed by atoms with Crippen LogP contribution in [0.4, 0.5) is 0 Å². The van der Waals surface area contributed by atoms with Crippen LogP contribution < -0.4 is 5.32 Å². The fraction of sp³-hybridized carbons (Fsp3) is 0.412. The molecule has 1 amide bonds. The van der Waals surface area contributed by atoms with E-state index in [4.69, 9.17) is 0 Å². The predicted molar refractivity (Wildman–Crippen MR) is 84.5 cm³/mol. The van der Waals surface area contributed by atoms with Crippen molar-refractivity contribution in [1.82, 2.24) is 14.9 Å². The average molecular weight is 299 g/mol. The van der Waals surface area contributed by atoms with Crippen molar-refractivity contribution in [3.05, 3.63) is 36.2 Å². The van der Waals surface area contributed by atoms with Crippen LogP contribution in [0.1, 0.15) is 31.4 Å². The minimum Gasteiger partial charge on any atom is -0.508 e. The molecule has 0 radical (unpaired) electrons. The second-order valence-electron chi connectivity index (χ2n) is 5.93. The molecule has 2 aromatic rings. The van der Waals surface area contributed by atoms with Gasteiger partial charge in [-0.15, -0.1) is 0 Å². The number of aryl methyl sites for hydroxylation is 1. The Labute approximate surface area is 130 Å². The van der Waals surface area contributed by atoms with E-state index in [-0.39, 0.29) is 18.2 Å². The monoisotopic (exact) mass is 299 g/mol. The maximum Gasteiger partial charge on any atom is 0.240 e. The summed E-state index contributed by atoms with van der Waals surface area (Å²) in [5, 5.41) is 12.7. The van der Waals surface area contributed by atoms with E-state index in [1.807, 2.05) is 23.8 Å². The van der Waals surface area contributed by atoms with E-state index in [0.29, 0.717) is 11.9 Å². The lowest BCUT2D eigenvalue weighted by Gasteiger charge is -2.13. The van der Waals surface area contributed by atoms with Crippen molar-refractivity contribution in [2.45, 2.75) is 45.2 Å². The Morgan fingerprint density at radius 2 is 2.18 bits per heavy atom. The summed E-state index contributed by atoms with van der Waals surface area (Å²) < 4.78 is 1.84. The van der Waals surface area contributed by atoms with E-state index in [0.717, 1.165) is 24.1 Å². The molecule has 0 atom stereocenters. The van der Waals surface area contributed by atoms with E-state index in [9.17, 15) is 9.90 Å². The molecule has 1 aromatic carbocycles.